The van der Waals surface area contributed by atoms with Crippen molar-refractivity contribution in [3.05, 3.63) is 62.1 Å². The van der Waals surface area contributed by atoms with Crippen molar-refractivity contribution in [3.8, 4) is 16.9 Å². The van der Waals surface area contributed by atoms with Crippen molar-refractivity contribution in [1.29, 1.82) is 0 Å². The Kier molecular flexibility index (Phi) is 4.13. The summed E-state index contributed by atoms with van der Waals surface area (Å²) in [5.74, 6) is 0.908. The predicted octanol–water partition coefficient (Wildman–Crippen LogP) is 6.12. The van der Waals surface area contributed by atoms with Crippen molar-refractivity contribution in [2.24, 2.45) is 0 Å². The van der Waals surface area contributed by atoms with Gasteiger partial charge >= 0.3 is 0 Å². The second-order valence-electron chi connectivity index (χ2n) is 5.46. The maximum absolute atomic E-state index is 6.37. The number of hydrogen-bond donors (Lipinski definition) is 1. The third-order valence-corrected chi connectivity index (χ3v) is 5.37. The van der Waals surface area contributed by atoms with Crippen LogP contribution in [0.5, 0.6) is 0 Å². The molecular weight excluding hydrogens is 388 g/mol. The average molecular weight is 399 g/mol. The lowest BCUT2D eigenvalue weighted by Crippen LogP contribution is -2.05. The van der Waals surface area contributed by atoms with E-state index in [0.717, 1.165) is 41.3 Å². The van der Waals surface area contributed by atoms with Crippen LogP contribution in [0.3, 0.4) is 0 Å². The van der Waals surface area contributed by atoms with Gasteiger partial charge in [0, 0.05) is 22.7 Å². The Bertz CT molecular complexity index is 925. The van der Waals surface area contributed by atoms with E-state index in [2.05, 4.69) is 5.32 Å². The number of nitrogens with one attached hydrogen (secondary N) is 1. The molecule has 7 heteroatoms. The maximum atomic E-state index is 6.37. The van der Waals surface area contributed by atoms with Crippen molar-refractivity contribution in [2.75, 3.05) is 11.9 Å². The highest BCUT2D eigenvalue weighted by Gasteiger charge is 2.26. The molecule has 0 aliphatic carbocycles. The molecule has 0 unspecified atom stereocenters. The minimum absolute atomic E-state index is 0.460. The van der Waals surface area contributed by atoms with Crippen molar-refractivity contribution in [3.63, 3.8) is 0 Å². The summed E-state index contributed by atoms with van der Waals surface area (Å²) in [7, 11) is 0. The highest BCUT2D eigenvalue weighted by Crippen LogP contribution is 2.40. The molecule has 122 valence electrons. The highest BCUT2D eigenvalue weighted by molar-refractivity contribution is 6.43. The van der Waals surface area contributed by atoms with Gasteiger partial charge in [0.05, 0.1) is 26.4 Å². The van der Waals surface area contributed by atoms with Crippen LogP contribution >= 0.6 is 46.4 Å². The second kappa shape index (κ2) is 6.16. The normalized spacial score (nSPS) is 13.0. The van der Waals surface area contributed by atoms with Crippen LogP contribution < -0.4 is 5.32 Å². The molecule has 3 aromatic rings. The molecule has 3 nitrogen and oxygen atoms in total. The summed E-state index contributed by atoms with van der Waals surface area (Å²) >= 11 is 25.0. The number of aromatic nitrogens is 2. The van der Waals surface area contributed by atoms with Gasteiger partial charge in [0.25, 0.3) is 0 Å². The van der Waals surface area contributed by atoms with Crippen molar-refractivity contribution >= 4 is 52.2 Å². The Hall–Kier alpha value is -1.39. The van der Waals surface area contributed by atoms with Crippen LogP contribution in [0.15, 0.2) is 36.4 Å². The zero-order valence-corrected chi connectivity index (χ0v) is 15.3. The molecule has 4 rings (SSSR count). The van der Waals surface area contributed by atoms with Crippen molar-refractivity contribution in [1.82, 2.24) is 9.78 Å². The van der Waals surface area contributed by atoms with Crippen LogP contribution in [0.1, 0.15) is 5.56 Å². The Balaban J connectivity index is 1.96. The molecule has 0 spiro atoms. The minimum atomic E-state index is 0.460. The third-order valence-electron chi connectivity index (χ3n) is 3.99. The number of halogens is 4. The van der Waals surface area contributed by atoms with Gasteiger partial charge in [-0.1, -0.05) is 52.5 Å². The largest absolute Gasteiger partial charge is 0.369 e. The number of nitrogens with zero attached hydrogens (tertiary/aromatic N) is 2. The van der Waals surface area contributed by atoms with Crippen LogP contribution in [0, 0.1) is 0 Å². The Labute approximate surface area is 159 Å². The second-order valence-corrected chi connectivity index (χ2v) is 7.09. The number of anilines is 1. The van der Waals surface area contributed by atoms with Gasteiger partial charge in [-0.15, -0.1) is 0 Å². The topological polar surface area (TPSA) is 29.9 Å². The molecule has 0 radical (unpaired) electrons. The number of hydrogen-bond acceptors (Lipinski definition) is 2. The van der Waals surface area contributed by atoms with Gasteiger partial charge in [-0.2, -0.15) is 5.10 Å². The summed E-state index contributed by atoms with van der Waals surface area (Å²) in [6.45, 7) is 0.830. The van der Waals surface area contributed by atoms with Gasteiger partial charge in [0.2, 0.25) is 0 Å². The quantitative estimate of drug-likeness (QED) is 0.563. The summed E-state index contributed by atoms with van der Waals surface area (Å²) in [6, 6.07) is 10.8. The molecule has 0 saturated heterocycles. The van der Waals surface area contributed by atoms with E-state index in [4.69, 9.17) is 51.5 Å². The number of fused-ring (bicyclic) bond motifs is 1. The van der Waals surface area contributed by atoms with Crippen LogP contribution in [0.4, 0.5) is 5.82 Å². The molecule has 1 aliphatic rings. The van der Waals surface area contributed by atoms with Crippen LogP contribution in [-0.4, -0.2) is 16.3 Å². The maximum Gasteiger partial charge on any atom is 0.133 e. The first-order chi connectivity index (χ1) is 11.6. The molecule has 2 heterocycles. The van der Waals surface area contributed by atoms with E-state index in [1.165, 1.54) is 0 Å². The van der Waals surface area contributed by atoms with E-state index in [0.29, 0.717) is 20.1 Å². The smallest absolute Gasteiger partial charge is 0.133 e. The summed E-state index contributed by atoms with van der Waals surface area (Å²) < 4.78 is 1.78. The molecule has 1 aromatic heterocycles. The molecule has 0 amide bonds. The lowest BCUT2D eigenvalue weighted by Gasteiger charge is -2.09. The Morgan fingerprint density at radius 1 is 1.00 bits per heavy atom. The lowest BCUT2D eigenvalue weighted by molar-refractivity contribution is 0.883. The zero-order chi connectivity index (χ0) is 16.8. The minimum Gasteiger partial charge on any atom is -0.369 e. The predicted molar refractivity (Wildman–Crippen MR) is 101 cm³/mol. The molecule has 0 bridgehead atoms. The summed E-state index contributed by atoms with van der Waals surface area (Å²) in [6.07, 6.45) is 0.853. The summed E-state index contributed by atoms with van der Waals surface area (Å²) in [5.41, 5.74) is 3.42. The Morgan fingerprint density at radius 2 is 1.83 bits per heavy atom. The number of benzene rings is 2. The van der Waals surface area contributed by atoms with Crippen molar-refractivity contribution in [2.45, 2.75) is 6.42 Å². The van der Waals surface area contributed by atoms with E-state index in [-0.39, 0.29) is 0 Å². The van der Waals surface area contributed by atoms with Gasteiger partial charge in [0.15, 0.2) is 0 Å². The van der Waals surface area contributed by atoms with Gasteiger partial charge in [-0.05, 0) is 36.8 Å². The van der Waals surface area contributed by atoms with Gasteiger partial charge in [0.1, 0.15) is 5.82 Å². The first-order valence-corrected chi connectivity index (χ1v) is 8.83. The first-order valence-electron chi connectivity index (χ1n) is 7.32. The Morgan fingerprint density at radius 3 is 2.67 bits per heavy atom. The fourth-order valence-electron chi connectivity index (χ4n) is 2.90. The molecular formula is C17H11Cl4N3. The van der Waals surface area contributed by atoms with Crippen molar-refractivity contribution < 1.29 is 0 Å². The molecule has 1 N–H and O–H groups in total. The molecule has 0 atom stereocenters. The van der Waals surface area contributed by atoms with Gasteiger partial charge in [-0.25, -0.2) is 4.68 Å². The first kappa shape index (κ1) is 16.1. The summed E-state index contributed by atoms with van der Waals surface area (Å²) in [5, 5.41) is 10.3. The lowest BCUT2D eigenvalue weighted by atomic mass is 10.1. The fraction of sp³-hybridized carbons (Fsp3) is 0.118. The van der Waals surface area contributed by atoms with E-state index in [1.54, 1.807) is 22.9 Å². The molecule has 0 saturated carbocycles. The van der Waals surface area contributed by atoms with Crippen LogP contribution in [0.25, 0.3) is 16.9 Å². The molecule has 2 aromatic carbocycles. The zero-order valence-electron chi connectivity index (χ0n) is 12.3. The van der Waals surface area contributed by atoms with E-state index >= 15 is 0 Å². The van der Waals surface area contributed by atoms with Gasteiger partial charge < -0.3 is 5.32 Å². The standard InChI is InChI=1S/C17H11Cl4N3/c18-9-4-5-12(19)11(8-9)16-10-6-7-22-17(10)24(23-16)14-3-1-2-13(20)15(14)21/h1-5,8,22H,6-7H2. The van der Waals surface area contributed by atoms with Gasteiger partial charge in [-0.3, -0.25) is 0 Å². The average Bonchev–Trinajstić information content (AvgIpc) is 3.15. The van der Waals surface area contributed by atoms with E-state index in [1.807, 2.05) is 18.2 Å². The highest BCUT2D eigenvalue weighted by atomic mass is 35.5. The SMILES string of the molecule is Clc1ccc(Cl)c(-c2nn(-c3cccc(Cl)c3Cl)c3c2CCN3)c1. The van der Waals surface area contributed by atoms with E-state index in [9.17, 15) is 0 Å². The molecule has 1 aliphatic heterocycles. The van der Waals surface area contributed by atoms with Crippen LogP contribution in [0.2, 0.25) is 20.1 Å². The fourth-order valence-corrected chi connectivity index (χ4v) is 3.66. The molecule has 0 fully saturated rings. The summed E-state index contributed by atoms with van der Waals surface area (Å²) in [4.78, 5) is 0. The third kappa shape index (κ3) is 2.56. The molecule has 24 heavy (non-hydrogen) atoms. The number of rotatable bonds is 2. The monoisotopic (exact) mass is 397 g/mol. The van der Waals surface area contributed by atoms with E-state index < -0.39 is 0 Å². The van der Waals surface area contributed by atoms with Crippen LogP contribution in [-0.2, 0) is 6.42 Å².